The Bertz CT molecular complexity index is 437. The third-order valence-electron chi connectivity index (χ3n) is 3.04. The van der Waals surface area contributed by atoms with E-state index in [9.17, 15) is 9.18 Å². The molecule has 1 unspecified atom stereocenters. The van der Waals surface area contributed by atoms with Gasteiger partial charge in [0.25, 0.3) is 0 Å². The average Bonchev–Trinajstić information content (AvgIpc) is 2.29. The summed E-state index contributed by atoms with van der Waals surface area (Å²) in [6.45, 7) is 4.54. The van der Waals surface area contributed by atoms with Gasteiger partial charge in [-0.05, 0) is 54.5 Å². The molecule has 1 aromatic rings. The number of nitrogens with zero attached hydrogens (tertiary/aromatic N) is 1. The molecule has 0 saturated carbocycles. The van der Waals surface area contributed by atoms with Crippen LogP contribution in [0.15, 0.2) is 22.7 Å². The molecule has 100 valence electrons. The summed E-state index contributed by atoms with van der Waals surface area (Å²) in [5, 5.41) is 0. The Balaban J connectivity index is 2.97. The van der Waals surface area contributed by atoms with E-state index in [1.54, 1.807) is 12.1 Å². The Kier molecular flexibility index (Phi) is 5.28. The average molecular weight is 317 g/mol. The number of amides is 1. The fourth-order valence-corrected chi connectivity index (χ4v) is 1.83. The maximum absolute atomic E-state index is 13.5. The van der Waals surface area contributed by atoms with Crippen molar-refractivity contribution >= 4 is 21.8 Å². The van der Waals surface area contributed by atoms with E-state index in [0.29, 0.717) is 22.6 Å². The van der Waals surface area contributed by atoms with Crippen LogP contribution < -0.4 is 5.73 Å². The topological polar surface area (TPSA) is 46.3 Å². The summed E-state index contributed by atoms with van der Waals surface area (Å²) in [7, 11) is 1.91. The normalized spacial score (nSPS) is 13.1. The first-order valence-corrected chi connectivity index (χ1v) is 6.56. The highest BCUT2D eigenvalue weighted by atomic mass is 79.9. The highest BCUT2D eigenvalue weighted by Crippen LogP contribution is 2.23. The molecule has 1 amide bonds. The van der Waals surface area contributed by atoms with E-state index < -0.39 is 11.8 Å². The summed E-state index contributed by atoms with van der Waals surface area (Å²) >= 11 is 3.09. The van der Waals surface area contributed by atoms with Crippen LogP contribution in [0.3, 0.4) is 0 Å². The molecule has 0 fully saturated rings. The molecule has 0 bridgehead atoms. The molecule has 0 aliphatic rings. The molecule has 0 aliphatic heterocycles. The molecule has 0 heterocycles. The van der Waals surface area contributed by atoms with Crippen LogP contribution >= 0.6 is 15.9 Å². The van der Waals surface area contributed by atoms with Gasteiger partial charge in [-0.1, -0.05) is 6.07 Å². The molecular formula is C13H18BrFN2O. The van der Waals surface area contributed by atoms with Crippen LogP contribution in [0.25, 0.3) is 0 Å². The summed E-state index contributed by atoms with van der Waals surface area (Å²) in [6.07, 6.45) is 0. The number of benzene rings is 1. The van der Waals surface area contributed by atoms with Gasteiger partial charge in [0.05, 0.1) is 10.4 Å². The van der Waals surface area contributed by atoms with Crippen LogP contribution in [0.5, 0.6) is 0 Å². The quantitative estimate of drug-likeness (QED) is 0.907. The first-order chi connectivity index (χ1) is 8.32. The molecule has 1 rings (SSSR count). The van der Waals surface area contributed by atoms with Crippen molar-refractivity contribution in [2.24, 2.45) is 5.73 Å². The van der Waals surface area contributed by atoms with Crippen molar-refractivity contribution in [2.45, 2.75) is 25.8 Å². The lowest BCUT2D eigenvalue weighted by atomic mass is 9.97. The standard InChI is InChI=1S/C13H18BrFN2O/c1-8(2)17(3)7-10(13(16)18)9-4-5-11(14)12(15)6-9/h4-6,8,10H,7H2,1-3H3,(H2,16,18). The third-order valence-corrected chi connectivity index (χ3v) is 3.68. The molecule has 2 N–H and O–H groups in total. The number of nitrogens with two attached hydrogens (primary N) is 1. The molecule has 3 nitrogen and oxygen atoms in total. The summed E-state index contributed by atoms with van der Waals surface area (Å²) < 4.78 is 13.9. The number of halogens is 2. The number of carbonyl (C=O) groups excluding carboxylic acids is 1. The van der Waals surface area contributed by atoms with E-state index in [0.717, 1.165) is 0 Å². The highest BCUT2D eigenvalue weighted by molar-refractivity contribution is 9.10. The van der Waals surface area contributed by atoms with Crippen LogP contribution in [0, 0.1) is 5.82 Å². The fourth-order valence-electron chi connectivity index (χ4n) is 1.59. The fraction of sp³-hybridized carbons (Fsp3) is 0.462. The van der Waals surface area contributed by atoms with Gasteiger partial charge >= 0.3 is 0 Å². The van der Waals surface area contributed by atoms with Crippen molar-refractivity contribution < 1.29 is 9.18 Å². The second kappa shape index (κ2) is 6.29. The van der Waals surface area contributed by atoms with Gasteiger partial charge in [-0.3, -0.25) is 4.79 Å². The predicted octanol–water partition coefficient (Wildman–Crippen LogP) is 2.50. The van der Waals surface area contributed by atoms with E-state index >= 15 is 0 Å². The lowest BCUT2D eigenvalue weighted by Crippen LogP contribution is -2.36. The number of carbonyl (C=O) groups is 1. The third kappa shape index (κ3) is 3.78. The van der Waals surface area contributed by atoms with Gasteiger partial charge in [-0.15, -0.1) is 0 Å². The zero-order valence-electron chi connectivity index (χ0n) is 10.8. The Morgan fingerprint density at radius 1 is 1.50 bits per heavy atom. The molecular weight excluding hydrogens is 299 g/mol. The molecule has 0 aromatic heterocycles. The minimum atomic E-state index is -0.500. The van der Waals surface area contributed by atoms with Crippen molar-refractivity contribution in [3.63, 3.8) is 0 Å². The lowest BCUT2D eigenvalue weighted by Gasteiger charge is -2.25. The van der Waals surface area contributed by atoms with Crippen molar-refractivity contribution in [1.29, 1.82) is 0 Å². The van der Waals surface area contributed by atoms with Crippen LogP contribution in [-0.4, -0.2) is 30.4 Å². The molecule has 1 atom stereocenters. The second-order valence-corrected chi connectivity index (χ2v) is 5.52. The zero-order chi connectivity index (χ0) is 13.9. The van der Waals surface area contributed by atoms with Gasteiger partial charge in [0.15, 0.2) is 0 Å². The van der Waals surface area contributed by atoms with E-state index in [-0.39, 0.29) is 5.82 Å². The number of hydrogen-bond acceptors (Lipinski definition) is 2. The molecule has 1 aromatic carbocycles. The second-order valence-electron chi connectivity index (χ2n) is 4.66. The van der Waals surface area contributed by atoms with Gasteiger partial charge in [0.2, 0.25) is 5.91 Å². The van der Waals surface area contributed by atoms with E-state index in [1.165, 1.54) is 6.07 Å². The monoisotopic (exact) mass is 316 g/mol. The summed E-state index contributed by atoms with van der Waals surface area (Å²) in [5.74, 6) is -1.32. The van der Waals surface area contributed by atoms with E-state index in [4.69, 9.17) is 5.73 Å². The molecule has 0 radical (unpaired) electrons. The van der Waals surface area contributed by atoms with Crippen molar-refractivity contribution in [1.82, 2.24) is 4.90 Å². The number of primary amides is 1. The Hall–Kier alpha value is -0.940. The van der Waals surface area contributed by atoms with Crippen LogP contribution in [-0.2, 0) is 4.79 Å². The summed E-state index contributed by atoms with van der Waals surface area (Å²) in [6, 6.07) is 4.97. The van der Waals surface area contributed by atoms with Gasteiger partial charge < -0.3 is 10.6 Å². The minimum absolute atomic E-state index is 0.298. The lowest BCUT2D eigenvalue weighted by molar-refractivity contribution is -0.119. The molecule has 0 saturated heterocycles. The first-order valence-electron chi connectivity index (χ1n) is 5.77. The van der Waals surface area contributed by atoms with Gasteiger partial charge in [-0.2, -0.15) is 0 Å². The zero-order valence-corrected chi connectivity index (χ0v) is 12.4. The Labute approximate surface area is 115 Å². The van der Waals surface area contributed by atoms with Crippen molar-refractivity contribution in [2.75, 3.05) is 13.6 Å². The SMILES string of the molecule is CC(C)N(C)CC(C(N)=O)c1ccc(Br)c(F)c1. The molecule has 18 heavy (non-hydrogen) atoms. The Morgan fingerprint density at radius 3 is 2.56 bits per heavy atom. The number of rotatable bonds is 5. The van der Waals surface area contributed by atoms with Crippen molar-refractivity contribution in [3.8, 4) is 0 Å². The largest absolute Gasteiger partial charge is 0.369 e. The minimum Gasteiger partial charge on any atom is -0.369 e. The molecule has 0 aliphatic carbocycles. The smallest absolute Gasteiger partial charge is 0.226 e. The van der Waals surface area contributed by atoms with E-state index in [1.807, 2.05) is 25.8 Å². The van der Waals surface area contributed by atoms with Crippen LogP contribution in [0.1, 0.15) is 25.3 Å². The Morgan fingerprint density at radius 2 is 2.11 bits per heavy atom. The van der Waals surface area contributed by atoms with Gasteiger partial charge in [-0.25, -0.2) is 4.39 Å². The van der Waals surface area contributed by atoms with E-state index in [2.05, 4.69) is 15.9 Å². The summed E-state index contributed by atoms with van der Waals surface area (Å²) in [5.41, 5.74) is 6.01. The van der Waals surface area contributed by atoms with Gasteiger partial charge in [0, 0.05) is 12.6 Å². The number of likely N-dealkylation sites (N-methyl/N-ethyl adjacent to an activating group) is 1. The summed E-state index contributed by atoms with van der Waals surface area (Å²) in [4.78, 5) is 13.5. The van der Waals surface area contributed by atoms with Crippen LogP contribution in [0.4, 0.5) is 4.39 Å². The predicted molar refractivity (Wildman–Crippen MR) is 73.8 cm³/mol. The maximum Gasteiger partial charge on any atom is 0.226 e. The molecule has 5 heteroatoms. The van der Waals surface area contributed by atoms with Gasteiger partial charge in [0.1, 0.15) is 5.82 Å². The first kappa shape index (κ1) is 15.1. The highest BCUT2D eigenvalue weighted by Gasteiger charge is 2.21. The van der Waals surface area contributed by atoms with Crippen LogP contribution in [0.2, 0.25) is 0 Å². The number of hydrogen-bond donors (Lipinski definition) is 1. The van der Waals surface area contributed by atoms with Crippen molar-refractivity contribution in [3.05, 3.63) is 34.1 Å². The maximum atomic E-state index is 13.5. The molecule has 0 spiro atoms.